The van der Waals surface area contributed by atoms with Gasteiger partial charge in [0.2, 0.25) is 0 Å². The molecule has 3 rings (SSSR count). The smallest absolute Gasteiger partial charge is 0.0661 e. The van der Waals surface area contributed by atoms with E-state index in [4.69, 9.17) is 4.74 Å². The van der Waals surface area contributed by atoms with Gasteiger partial charge in [0, 0.05) is 29.5 Å². The molecule has 0 bridgehead atoms. The molecule has 2 unspecified atom stereocenters. The van der Waals surface area contributed by atoms with Gasteiger partial charge in [-0.1, -0.05) is 19.3 Å². The Labute approximate surface area is 126 Å². The molecule has 112 valence electrons. The van der Waals surface area contributed by atoms with Crippen LogP contribution in [-0.4, -0.2) is 18.8 Å². The first-order valence-corrected chi connectivity index (χ1v) is 9.02. The van der Waals surface area contributed by atoms with E-state index in [1.165, 1.54) is 49.0 Å². The fourth-order valence-corrected chi connectivity index (χ4v) is 5.01. The number of aryl methyl sites for hydroxylation is 1. The van der Waals surface area contributed by atoms with Gasteiger partial charge in [0.15, 0.2) is 0 Å². The molecule has 2 aliphatic rings. The van der Waals surface area contributed by atoms with Crippen LogP contribution in [0.3, 0.4) is 0 Å². The van der Waals surface area contributed by atoms with Gasteiger partial charge in [0.25, 0.3) is 0 Å². The Morgan fingerprint density at radius 3 is 2.80 bits per heavy atom. The molecule has 1 heterocycles. The first-order chi connectivity index (χ1) is 9.76. The predicted octanol–water partition coefficient (Wildman–Crippen LogP) is 4.27. The Morgan fingerprint density at radius 2 is 2.15 bits per heavy atom. The third kappa shape index (κ3) is 2.56. The van der Waals surface area contributed by atoms with Crippen molar-refractivity contribution >= 4 is 11.3 Å². The van der Waals surface area contributed by atoms with Crippen LogP contribution < -0.4 is 5.32 Å². The van der Waals surface area contributed by atoms with Crippen LogP contribution in [0.2, 0.25) is 0 Å². The van der Waals surface area contributed by atoms with Gasteiger partial charge in [-0.05, 0) is 50.1 Å². The van der Waals surface area contributed by atoms with Crippen molar-refractivity contribution in [3.63, 3.8) is 0 Å². The molecule has 0 aliphatic heterocycles. The van der Waals surface area contributed by atoms with Crippen molar-refractivity contribution < 1.29 is 4.74 Å². The van der Waals surface area contributed by atoms with Crippen LogP contribution in [0.15, 0.2) is 11.4 Å². The van der Waals surface area contributed by atoms with Gasteiger partial charge in [0.05, 0.1) is 6.10 Å². The van der Waals surface area contributed by atoms with Crippen molar-refractivity contribution in [2.45, 2.75) is 71.1 Å². The molecule has 1 N–H and O–H groups in total. The quantitative estimate of drug-likeness (QED) is 0.875. The minimum Gasteiger partial charge on any atom is -0.378 e. The molecule has 2 aliphatic carbocycles. The molecule has 1 spiro atoms. The third-order valence-electron chi connectivity index (χ3n) is 5.41. The molecule has 0 saturated heterocycles. The summed E-state index contributed by atoms with van der Waals surface area (Å²) in [6, 6.07) is 2.89. The summed E-state index contributed by atoms with van der Waals surface area (Å²) >= 11 is 1.88. The zero-order valence-corrected chi connectivity index (χ0v) is 13.6. The molecule has 0 amide bonds. The van der Waals surface area contributed by atoms with E-state index in [1.54, 1.807) is 0 Å². The number of nitrogens with one attached hydrogen (secondary N) is 1. The zero-order valence-electron chi connectivity index (χ0n) is 12.8. The monoisotopic (exact) mass is 293 g/mol. The SMILES string of the molecule is CCOC1CC(NCc2sccc2C)C12CCCCC2. The summed E-state index contributed by atoms with van der Waals surface area (Å²) in [4.78, 5) is 1.50. The molecule has 1 aromatic heterocycles. The second-order valence-corrected chi connectivity index (χ2v) is 7.43. The zero-order chi connectivity index (χ0) is 14.0. The molecule has 2 nitrogen and oxygen atoms in total. The third-order valence-corrected chi connectivity index (χ3v) is 6.44. The molecule has 2 atom stereocenters. The van der Waals surface area contributed by atoms with Gasteiger partial charge in [0.1, 0.15) is 0 Å². The van der Waals surface area contributed by atoms with Crippen molar-refractivity contribution in [1.29, 1.82) is 0 Å². The van der Waals surface area contributed by atoms with Crippen molar-refractivity contribution in [2.75, 3.05) is 6.61 Å². The molecular weight excluding hydrogens is 266 g/mol. The van der Waals surface area contributed by atoms with Crippen molar-refractivity contribution in [3.05, 3.63) is 21.9 Å². The van der Waals surface area contributed by atoms with Gasteiger partial charge in [-0.2, -0.15) is 0 Å². The van der Waals surface area contributed by atoms with Crippen LogP contribution in [0.25, 0.3) is 0 Å². The van der Waals surface area contributed by atoms with Gasteiger partial charge >= 0.3 is 0 Å². The Hall–Kier alpha value is -0.380. The highest BCUT2D eigenvalue weighted by atomic mass is 32.1. The summed E-state index contributed by atoms with van der Waals surface area (Å²) in [5.41, 5.74) is 1.88. The number of ether oxygens (including phenoxy) is 1. The highest BCUT2D eigenvalue weighted by Crippen LogP contribution is 2.53. The number of hydrogen-bond acceptors (Lipinski definition) is 3. The highest BCUT2D eigenvalue weighted by molar-refractivity contribution is 7.10. The van der Waals surface area contributed by atoms with E-state index >= 15 is 0 Å². The summed E-state index contributed by atoms with van der Waals surface area (Å²) in [5.74, 6) is 0. The lowest BCUT2D eigenvalue weighted by Gasteiger charge is -2.58. The normalized spacial score (nSPS) is 28.5. The lowest BCUT2D eigenvalue weighted by Crippen LogP contribution is -2.64. The molecule has 1 aromatic rings. The van der Waals surface area contributed by atoms with E-state index in [-0.39, 0.29) is 0 Å². The molecule has 0 radical (unpaired) electrons. The van der Waals surface area contributed by atoms with E-state index in [1.807, 2.05) is 11.3 Å². The van der Waals surface area contributed by atoms with Crippen LogP contribution in [0.1, 0.15) is 55.9 Å². The van der Waals surface area contributed by atoms with Crippen LogP contribution in [0.5, 0.6) is 0 Å². The lowest BCUT2D eigenvalue weighted by molar-refractivity contribution is -0.150. The average molecular weight is 293 g/mol. The second-order valence-electron chi connectivity index (χ2n) is 6.43. The fraction of sp³-hybridized carbons (Fsp3) is 0.765. The summed E-state index contributed by atoms with van der Waals surface area (Å²) in [6.07, 6.45) is 8.63. The minimum absolute atomic E-state index is 0.444. The van der Waals surface area contributed by atoms with E-state index < -0.39 is 0 Å². The summed E-state index contributed by atoms with van der Waals surface area (Å²) in [7, 11) is 0. The largest absolute Gasteiger partial charge is 0.378 e. The first-order valence-electron chi connectivity index (χ1n) is 8.14. The van der Waals surface area contributed by atoms with Crippen molar-refractivity contribution in [1.82, 2.24) is 5.32 Å². The summed E-state index contributed by atoms with van der Waals surface area (Å²) in [6.45, 7) is 6.25. The van der Waals surface area contributed by atoms with E-state index in [0.29, 0.717) is 17.6 Å². The van der Waals surface area contributed by atoms with E-state index in [0.717, 1.165) is 13.2 Å². The van der Waals surface area contributed by atoms with Crippen LogP contribution in [0.4, 0.5) is 0 Å². The topological polar surface area (TPSA) is 21.3 Å². The first kappa shape index (κ1) is 14.6. The molecule has 3 heteroatoms. The maximum Gasteiger partial charge on any atom is 0.0661 e. The maximum atomic E-state index is 6.02. The van der Waals surface area contributed by atoms with Gasteiger partial charge in [-0.15, -0.1) is 11.3 Å². The maximum absolute atomic E-state index is 6.02. The Kier molecular flexibility index (Phi) is 4.49. The molecule has 2 saturated carbocycles. The summed E-state index contributed by atoms with van der Waals surface area (Å²) < 4.78 is 6.02. The fourth-order valence-electron chi connectivity index (χ4n) is 4.15. The second kappa shape index (κ2) is 6.17. The number of thiophene rings is 1. The highest BCUT2D eigenvalue weighted by Gasteiger charge is 2.55. The minimum atomic E-state index is 0.444. The van der Waals surface area contributed by atoms with Gasteiger partial charge in [-0.25, -0.2) is 0 Å². The predicted molar refractivity (Wildman–Crippen MR) is 85.2 cm³/mol. The molecule has 20 heavy (non-hydrogen) atoms. The molecule has 0 aromatic carbocycles. The number of rotatable bonds is 5. The Morgan fingerprint density at radius 1 is 1.35 bits per heavy atom. The van der Waals surface area contributed by atoms with Gasteiger partial charge < -0.3 is 10.1 Å². The van der Waals surface area contributed by atoms with Crippen LogP contribution in [0, 0.1) is 12.3 Å². The standard InChI is InChI=1S/C17H27NOS/c1-3-19-16-11-15(17(16)8-5-4-6-9-17)18-12-14-13(2)7-10-20-14/h7,10,15-16,18H,3-6,8-9,11-12H2,1-2H3. The number of hydrogen-bond donors (Lipinski definition) is 1. The lowest BCUT2D eigenvalue weighted by atomic mass is 9.55. The van der Waals surface area contributed by atoms with Crippen molar-refractivity contribution in [3.8, 4) is 0 Å². The van der Waals surface area contributed by atoms with E-state index in [2.05, 4.69) is 30.6 Å². The average Bonchev–Trinajstić information content (AvgIpc) is 2.88. The molecular formula is C17H27NOS. The Bertz CT molecular complexity index is 436. The summed E-state index contributed by atoms with van der Waals surface area (Å²) in [5, 5.41) is 6.04. The molecule has 2 fully saturated rings. The van der Waals surface area contributed by atoms with Gasteiger partial charge in [-0.3, -0.25) is 0 Å². The van der Waals surface area contributed by atoms with E-state index in [9.17, 15) is 0 Å². The van der Waals surface area contributed by atoms with Crippen molar-refractivity contribution in [2.24, 2.45) is 5.41 Å². The van der Waals surface area contributed by atoms with Crippen LogP contribution in [-0.2, 0) is 11.3 Å². The Balaban J connectivity index is 1.62. The van der Waals surface area contributed by atoms with Crippen LogP contribution >= 0.6 is 11.3 Å².